The standard InChI is InChI=1S/C15H17N3O/c1-16-14-8-4-3-7-13(14)15(19)18(2)11-12-6-5-9-17-10-12/h3-10,16H,11H2,1-2H3. The van der Waals surface area contributed by atoms with Gasteiger partial charge in [0.1, 0.15) is 0 Å². The fourth-order valence-electron chi connectivity index (χ4n) is 1.93. The Labute approximate surface area is 113 Å². The second kappa shape index (κ2) is 6.00. The number of hydrogen-bond acceptors (Lipinski definition) is 3. The molecule has 98 valence electrons. The molecule has 0 unspecified atom stereocenters. The quantitative estimate of drug-likeness (QED) is 0.912. The molecule has 4 heteroatoms. The highest BCUT2D eigenvalue weighted by atomic mass is 16.2. The first-order valence-corrected chi connectivity index (χ1v) is 6.13. The van der Waals surface area contributed by atoms with Gasteiger partial charge < -0.3 is 10.2 Å². The van der Waals surface area contributed by atoms with Crippen molar-refractivity contribution in [3.05, 3.63) is 59.9 Å². The summed E-state index contributed by atoms with van der Waals surface area (Å²) in [7, 11) is 3.61. The van der Waals surface area contributed by atoms with Gasteiger partial charge in [-0.3, -0.25) is 9.78 Å². The van der Waals surface area contributed by atoms with Crippen LogP contribution in [0.5, 0.6) is 0 Å². The monoisotopic (exact) mass is 255 g/mol. The fourth-order valence-corrected chi connectivity index (χ4v) is 1.93. The van der Waals surface area contributed by atoms with Crippen LogP contribution in [0.1, 0.15) is 15.9 Å². The Morgan fingerprint density at radius 1 is 1.26 bits per heavy atom. The highest BCUT2D eigenvalue weighted by molar-refractivity contribution is 5.99. The summed E-state index contributed by atoms with van der Waals surface area (Å²) in [5, 5.41) is 3.04. The molecular formula is C15H17N3O. The number of rotatable bonds is 4. The number of benzene rings is 1. The van der Waals surface area contributed by atoms with E-state index in [1.165, 1.54) is 0 Å². The molecule has 4 nitrogen and oxygen atoms in total. The summed E-state index contributed by atoms with van der Waals surface area (Å²) in [6.07, 6.45) is 3.50. The number of carbonyl (C=O) groups excluding carboxylic acids is 1. The first-order chi connectivity index (χ1) is 9.22. The summed E-state index contributed by atoms with van der Waals surface area (Å²) in [6.45, 7) is 0.546. The lowest BCUT2D eigenvalue weighted by Crippen LogP contribution is -2.26. The summed E-state index contributed by atoms with van der Waals surface area (Å²) in [6, 6.07) is 11.3. The highest BCUT2D eigenvalue weighted by Crippen LogP contribution is 2.16. The van der Waals surface area contributed by atoms with Crippen LogP contribution in [-0.2, 0) is 6.54 Å². The van der Waals surface area contributed by atoms with Crippen molar-refractivity contribution in [2.45, 2.75) is 6.54 Å². The van der Waals surface area contributed by atoms with Gasteiger partial charge in [0.15, 0.2) is 0 Å². The van der Waals surface area contributed by atoms with E-state index >= 15 is 0 Å². The van der Waals surface area contributed by atoms with E-state index in [4.69, 9.17) is 0 Å². The normalized spacial score (nSPS) is 10.0. The number of nitrogens with one attached hydrogen (secondary N) is 1. The molecule has 1 heterocycles. The molecule has 0 saturated heterocycles. The second-order valence-corrected chi connectivity index (χ2v) is 4.32. The molecule has 0 aliphatic carbocycles. The van der Waals surface area contributed by atoms with Crippen LogP contribution < -0.4 is 5.32 Å². The van der Waals surface area contributed by atoms with Crippen molar-refractivity contribution in [2.24, 2.45) is 0 Å². The zero-order valence-electron chi connectivity index (χ0n) is 11.1. The van der Waals surface area contributed by atoms with Crippen LogP contribution in [0.3, 0.4) is 0 Å². The van der Waals surface area contributed by atoms with Gasteiger partial charge in [-0.1, -0.05) is 18.2 Å². The number of pyridine rings is 1. The topological polar surface area (TPSA) is 45.2 Å². The maximum absolute atomic E-state index is 12.4. The van der Waals surface area contributed by atoms with Gasteiger partial charge in [-0.05, 0) is 23.8 Å². The lowest BCUT2D eigenvalue weighted by Gasteiger charge is -2.18. The molecule has 1 aromatic heterocycles. The number of aromatic nitrogens is 1. The van der Waals surface area contributed by atoms with Gasteiger partial charge in [-0.25, -0.2) is 0 Å². The molecule has 2 rings (SSSR count). The average molecular weight is 255 g/mol. The third kappa shape index (κ3) is 3.10. The first kappa shape index (κ1) is 13.1. The minimum Gasteiger partial charge on any atom is -0.387 e. The van der Waals surface area contributed by atoms with Crippen molar-refractivity contribution in [1.82, 2.24) is 9.88 Å². The fraction of sp³-hybridized carbons (Fsp3) is 0.200. The van der Waals surface area contributed by atoms with Crippen molar-refractivity contribution in [3.63, 3.8) is 0 Å². The van der Waals surface area contributed by atoms with E-state index in [9.17, 15) is 4.79 Å². The summed E-state index contributed by atoms with van der Waals surface area (Å²) in [5.74, 6) is -0.00574. The maximum Gasteiger partial charge on any atom is 0.255 e. The third-order valence-corrected chi connectivity index (χ3v) is 2.92. The van der Waals surface area contributed by atoms with Crippen LogP contribution in [0.2, 0.25) is 0 Å². The lowest BCUT2D eigenvalue weighted by molar-refractivity contribution is 0.0786. The average Bonchev–Trinajstić information content (AvgIpc) is 2.47. The minimum atomic E-state index is -0.00574. The van der Waals surface area contributed by atoms with E-state index in [0.29, 0.717) is 12.1 Å². The van der Waals surface area contributed by atoms with Crippen molar-refractivity contribution >= 4 is 11.6 Å². The van der Waals surface area contributed by atoms with Crippen LogP contribution in [0.25, 0.3) is 0 Å². The van der Waals surface area contributed by atoms with Gasteiger partial charge in [0.05, 0.1) is 5.56 Å². The van der Waals surface area contributed by atoms with Crippen LogP contribution >= 0.6 is 0 Å². The molecule has 0 fully saturated rings. The van der Waals surface area contributed by atoms with Gasteiger partial charge in [-0.15, -0.1) is 0 Å². The van der Waals surface area contributed by atoms with Crippen molar-refractivity contribution in [3.8, 4) is 0 Å². The van der Waals surface area contributed by atoms with Crippen molar-refractivity contribution in [1.29, 1.82) is 0 Å². The van der Waals surface area contributed by atoms with Crippen molar-refractivity contribution in [2.75, 3.05) is 19.4 Å². The zero-order chi connectivity index (χ0) is 13.7. The van der Waals surface area contributed by atoms with Crippen LogP contribution in [-0.4, -0.2) is 29.9 Å². The molecular weight excluding hydrogens is 238 g/mol. The lowest BCUT2D eigenvalue weighted by atomic mass is 10.1. The van der Waals surface area contributed by atoms with Crippen LogP contribution in [0, 0.1) is 0 Å². The number of amides is 1. The molecule has 0 bridgehead atoms. The van der Waals surface area contributed by atoms with Gasteiger partial charge in [0.2, 0.25) is 0 Å². The Morgan fingerprint density at radius 3 is 2.74 bits per heavy atom. The molecule has 0 saturated carbocycles. The highest BCUT2D eigenvalue weighted by Gasteiger charge is 2.14. The summed E-state index contributed by atoms with van der Waals surface area (Å²) >= 11 is 0. The molecule has 0 aliphatic heterocycles. The molecule has 2 aromatic rings. The largest absolute Gasteiger partial charge is 0.387 e. The molecule has 19 heavy (non-hydrogen) atoms. The van der Waals surface area contributed by atoms with E-state index in [0.717, 1.165) is 11.3 Å². The predicted molar refractivity (Wildman–Crippen MR) is 76.0 cm³/mol. The number of carbonyl (C=O) groups is 1. The summed E-state index contributed by atoms with van der Waals surface area (Å²) in [4.78, 5) is 18.1. The van der Waals surface area contributed by atoms with E-state index in [2.05, 4.69) is 10.3 Å². The second-order valence-electron chi connectivity index (χ2n) is 4.32. The molecule has 1 aromatic carbocycles. The van der Waals surface area contributed by atoms with E-state index in [1.807, 2.05) is 43.4 Å². The molecule has 0 radical (unpaired) electrons. The Balaban J connectivity index is 2.15. The number of hydrogen-bond donors (Lipinski definition) is 1. The molecule has 0 spiro atoms. The number of anilines is 1. The summed E-state index contributed by atoms with van der Waals surface area (Å²) in [5.41, 5.74) is 2.53. The smallest absolute Gasteiger partial charge is 0.255 e. The Bertz CT molecular complexity index is 554. The zero-order valence-corrected chi connectivity index (χ0v) is 11.1. The Morgan fingerprint density at radius 2 is 2.05 bits per heavy atom. The maximum atomic E-state index is 12.4. The third-order valence-electron chi connectivity index (χ3n) is 2.92. The van der Waals surface area contributed by atoms with Crippen LogP contribution in [0.15, 0.2) is 48.8 Å². The molecule has 1 N–H and O–H groups in total. The van der Waals surface area contributed by atoms with Gasteiger partial charge in [0, 0.05) is 38.7 Å². The first-order valence-electron chi connectivity index (χ1n) is 6.13. The minimum absolute atomic E-state index is 0.00574. The Hall–Kier alpha value is -2.36. The van der Waals surface area contributed by atoms with Gasteiger partial charge >= 0.3 is 0 Å². The van der Waals surface area contributed by atoms with Crippen LogP contribution in [0.4, 0.5) is 5.69 Å². The van der Waals surface area contributed by atoms with Crippen molar-refractivity contribution < 1.29 is 4.79 Å². The van der Waals surface area contributed by atoms with E-state index in [-0.39, 0.29) is 5.91 Å². The van der Waals surface area contributed by atoms with E-state index < -0.39 is 0 Å². The van der Waals surface area contributed by atoms with Gasteiger partial charge in [0.25, 0.3) is 5.91 Å². The Kier molecular flexibility index (Phi) is 4.13. The van der Waals surface area contributed by atoms with E-state index in [1.54, 1.807) is 24.3 Å². The molecule has 0 atom stereocenters. The SMILES string of the molecule is CNc1ccccc1C(=O)N(C)Cc1cccnc1. The number of nitrogens with zero attached hydrogens (tertiary/aromatic N) is 2. The molecule has 0 aliphatic rings. The summed E-state index contributed by atoms with van der Waals surface area (Å²) < 4.78 is 0. The number of para-hydroxylation sites is 1. The molecule has 1 amide bonds. The van der Waals surface area contributed by atoms with Gasteiger partial charge in [-0.2, -0.15) is 0 Å². The predicted octanol–water partition coefficient (Wildman–Crippen LogP) is 2.40.